The molecule has 0 aliphatic heterocycles. The Morgan fingerprint density at radius 1 is 1.25 bits per heavy atom. The summed E-state index contributed by atoms with van der Waals surface area (Å²) >= 11 is 11.7. The van der Waals surface area contributed by atoms with Gasteiger partial charge in [0.15, 0.2) is 5.76 Å². The Hall–Kier alpha value is -1.61. The lowest BCUT2D eigenvalue weighted by atomic mass is 10.3. The summed E-state index contributed by atoms with van der Waals surface area (Å²) in [6.07, 6.45) is 0. The Bertz CT molecular complexity index is 861. The summed E-state index contributed by atoms with van der Waals surface area (Å²) in [5, 5.41) is 6.78. The molecule has 130 valence electrons. The van der Waals surface area contributed by atoms with E-state index in [1.807, 2.05) is 0 Å². The lowest BCUT2D eigenvalue weighted by molar-refractivity contribution is -0.117. The molecule has 2 aromatic rings. The fourth-order valence-electron chi connectivity index (χ4n) is 2.03. The summed E-state index contributed by atoms with van der Waals surface area (Å²) in [6, 6.07) is 3.52. The minimum Gasteiger partial charge on any atom is -0.360 e. The molecule has 10 heteroatoms. The number of carbonyl (C=O) groups excluding carboxylic acids is 1. The van der Waals surface area contributed by atoms with E-state index in [1.54, 1.807) is 6.07 Å². The zero-order chi connectivity index (χ0) is 18.1. The van der Waals surface area contributed by atoms with Crippen LogP contribution < -0.4 is 10.0 Å². The number of nitrogens with one attached hydrogen (secondary N) is 2. The van der Waals surface area contributed by atoms with Gasteiger partial charge in [-0.25, -0.2) is 8.42 Å². The van der Waals surface area contributed by atoms with Gasteiger partial charge in [-0.1, -0.05) is 28.4 Å². The standard InChI is InChI=1S/C14H15Cl2N3O4S/c1-7-13(9(3)23-18-7)24(21,22)19-8(2)14(20)17-10-4-5-11(15)12(16)6-10/h4-6,8,19H,1-3H3,(H,17,20)/t8-/m0/s1. The number of aryl methyl sites for hydroxylation is 2. The zero-order valence-corrected chi connectivity index (χ0v) is 15.4. The highest BCUT2D eigenvalue weighted by Crippen LogP contribution is 2.25. The van der Waals surface area contributed by atoms with Gasteiger partial charge in [-0.05, 0) is 39.0 Å². The summed E-state index contributed by atoms with van der Waals surface area (Å²) in [4.78, 5) is 12.1. The van der Waals surface area contributed by atoms with Crippen molar-refractivity contribution >= 4 is 44.8 Å². The molecule has 0 fully saturated rings. The molecular weight excluding hydrogens is 377 g/mol. The third kappa shape index (κ3) is 4.07. The molecule has 0 spiro atoms. The monoisotopic (exact) mass is 391 g/mol. The molecule has 24 heavy (non-hydrogen) atoms. The number of hydrogen-bond donors (Lipinski definition) is 2. The van der Waals surface area contributed by atoms with E-state index in [2.05, 4.69) is 15.2 Å². The molecule has 0 aliphatic carbocycles. The maximum Gasteiger partial charge on any atom is 0.246 e. The van der Waals surface area contributed by atoms with Gasteiger partial charge in [-0.15, -0.1) is 0 Å². The van der Waals surface area contributed by atoms with Crippen molar-refractivity contribution < 1.29 is 17.7 Å². The molecule has 0 saturated heterocycles. The molecule has 2 N–H and O–H groups in total. The highest BCUT2D eigenvalue weighted by Gasteiger charge is 2.28. The van der Waals surface area contributed by atoms with Gasteiger partial charge in [-0.3, -0.25) is 4.79 Å². The number of anilines is 1. The van der Waals surface area contributed by atoms with Crippen LogP contribution in [0.15, 0.2) is 27.6 Å². The lowest BCUT2D eigenvalue weighted by Crippen LogP contribution is -2.41. The van der Waals surface area contributed by atoms with Gasteiger partial charge < -0.3 is 9.84 Å². The van der Waals surface area contributed by atoms with E-state index in [9.17, 15) is 13.2 Å². The van der Waals surface area contributed by atoms with Crippen LogP contribution in [0.5, 0.6) is 0 Å². The van der Waals surface area contributed by atoms with Crippen molar-refractivity contribution in [3.8, 4) is 0 Å². The van der Waals surface area contributed by atoms with Crippen LogP contribution in [0.2, 0.25) is 10.0 Å². The number of hydrogen-bond acceptors (Lipinski definition) is 5. The second-order valence-electron chi connectivity index (χ2n) is 5.11. The van der Waals surface area contributed by atoms with E-state index < -0.39 is 22.0 Å². The first-order valence-electron chi connectivity index (χ1n) is 6.83. The molecule has 2 rings (SSSR count). The fourth-order valence-corrected chi connectivity index (χ4v) is 3.86. The van der Waals surface area contributed by atoms with Gasteiger partial charge in [0.05, 0.1) is 16.1 Å². The molecule has 0 radical (unpaired) electrons. The molecule has 0 saturated carbocycles. The van der Waals surface area contributed by atoms with E-state index >= 15 is 0 Å². The average molecular weight is 392 g/mol. The molecule has 1 heterocycles. The number of carbonyl (C=O) groups is 1. The number of halogens is 2. The Morgan fingerprint density at radius 2 is 1.92 bits per heavy atom. The molecular formula is C14H15Cl2N3O4S. The lowest BCUT2D eigenvalue weighted by Gasteiger charge is -2.14. The SMILES string of the molecule is Cc1noc(C)c1S(=O)(=O)N[C@@H](C)C(=O)Nc1ccc(Cl)c(Cl)c1. The quantitative estimate of drug-likeness (QED) is 0.815. The predicted molar refractivity (Wildman–Crippen MR) is 90.9 cm³/mol. The van der Waals surface area contributed by atoms with Gasteiger partial charge in [-0.2, -0.15) is 4.72 Å². The van der Waals surface area contributed by atoms with Crippen LogP contribution in [-0.2, 0) is 14.8 Å². The first-order valence-corrected chi connectivity index (χ1v) is 9.07. The Balaban J connectivity index is 2.12. The highest BCUT2D eigenvalue weighted by atomic mass is 35.5. The van der Waals surface area contributed by atoms with Crippen molar-refractivity contribution in [1.29, 1.82) is 0 Å². The predicted octanol–water partition coefficient (Wildman–Crippen LogP) is 2.90. The number of nitrogens with zero attached hydrogens (tertiary/aromatic N) is 1. The number of amides is 1. The second kappa shape index (κ2) is 7.10. The van der Waals surface area contributed by atoms with Crippen LogP contribution in [0.4, 0.5) is 5.69 Å². The van der Waals surface area contributed by atoms with Gasteiger partial charge >= 0.3 is 0 Å². The maximum absolute atomic E-state index is 12.4. The van der Waals surface area contributed by atoms with Crippen LogP contribution in [0.1, 0.15) is 18.4 Å². The van der Waals surface area contributed by atoms with Crippen molar-refractivity contribution in [2.24, 2.45) is 0 Å². The van der Waals surface area contributed by atoms with Crippen molar-refractivity contribution in [3.63, 3.8) is 0 Å². The average Bonchev–Trinajstić information content (AvgIpc) is 2.82. The van der Waals surface area contributed by atoms with E-state index in [0.29, 0.717) is 10.7 Å². The van der Waals surface area contributed by atoms with E-state index in [4.69, 9.17) is 27.7 Å². The summed E-state index contributed by atoms with van der Waals surface area (Å²) in [5.74, 6) is -0.402. The molecule has 0 bridgehead atoms. The third-order valence-corrected chi connectivity index (χ3v) is 5.67. The Kier molecular flexibility index (Phi) is 5.54. The van der Waals surface area contributed by atoms with Gasteiger partial charge in [0, 0.05) is 5.69 Å². The van der Waals surface area contributed by atoms with Crippen LogP contribution in [0, 0.1) is 13.8 Å². The first kappa shape index (κ1) is 18.7. The van der Waals surface area contributed by atoms with Gasteiger partial charge in [0.2, 0.25) is 15.9 Å². The Morgan fingerprint density at radius 3 is 2.46 bits per heavy atom. The third-order valence-electron chi connectivity index (χ3n) is 3.15. The first-order chi connectivity index (χ1) is 11.1. The minimum absolute atomic E-state index is 0.0725. The molecule has 0 unspecified atom stereocenters. The van der Waals surface area contributed by atoms with Crippen molar-refractivity contribution in [2.45, 2.75) is 31.7 Å². The molecule has 1 aromatic carbocycles. The number of rotatable bonds is 5. The summed E-state index contributed by atoms with van der Waals surface area (Å²) in [5.41, 5.74) is 0.620. The second-order valence-corrected chi connectivity index (χ2v) is 7.58. The molecule has 1 amide bonds. The highest BCUT2D eigenvalue weighted by molar-refractivity contribution is 7.89. The van der Waals surface area contributed by atoms with Gasteiger partial charge in [0.1, 0.15) is 10.6 Å². The van der Waals surface area contributed by atoms with Crippen molar-refractivity contribution in [1.82, 2.24) is 9.88 Å². The van der Waals surface area contributed by atoms with Crippen molar-refractivity contribution in [3.05, 3.63) is 39.7 Å². The smallest absolute Gasteiger partial charge is 0.246 e. The summed E-state index contributed by atoms with van der Waals surface area (Å²) in [6.45, 7) is 4.41. The normalized spacial score (nSPS) is 12.9. The zero-order valence-electron chi connectivity index (χ0n) is 13.1. The molecule has 7 nitrogen and oxygen atoms in total. The Labute approximate surface area is 149 Å². The van der Waals surface area contributed by atoms with Crippen LogP contribution in [-0.4, -0.2) is 25.5 Å². The van der Waals surface area contributed by atoms with E-state index in [-0.39, 0.29) is 21.4 Å². The van der Waals surface area contributed by atoms with Crippen molar-refractivity contribution in [2.75, 3.05) is 5.32 Å². The van der Waals surface area contributed by atoms with E-state index in [1.165, 1.54) is 32.9 Å². The number of benzene rings is 1. The fraction of sp³-hybridized carbons (Fsp3) is 0.286. The molecule has 0 aliphatic rings. The summed E-state index contributed by atoms with van der Waals surface area (Å²) < 4.78 is 31.9. The molecule has 1 atom stereocenters. The molecule has 1 aromatic heterocycles. The largest absolute Gasteiger partial charge is 0.360 e. The number of sulfonamides is 1. The van der Waals surface area contributed by atoms with Crippen LogP contribution >= 0.6 is 23.2 Å². The van der Waals surface area contributed by atoms with E-state index in [0.717, 1.165) is 0 Å². The van der Waals surface area contributed by atoms with Crippen LogP contribution in [0.3, 0.4) is 0 Å². The minimum atomic E-state index is -3.94. The number of aromatic nitrogens is 1. The summed E-state index contributed by atoms with van der Waals surface area (Å²) in [7, 11) is -3.94. The maximum atomic E-state index is 12.4. The topological polar surface area (TPSA) is 101 Å². The van der Waals surface area contributed by atoms with Gasteiger partial charge in [0.25, 0.3) is 0 Å². The van der Waals surface area contributed by atoms with Crippen LogP contribution in [0.25, 0.3) is 0 Å².